The average Bonchev–Trinajstić information content (AvgIpc) is 3.89. The van der Waals surface area contributed by atoms with Crippen LogP contribution in [0.15, 0.2) is 133 Å². The Morgan fingerprint density at radius 2 is 0.815 bits per heavy atom. The molecule has 0 bridgehead atoms. The van der Waals surface area contributed by atoms with Crippen molar-refractivity contribution in [2.75, 3.05) is 66.8 Å². The van der Waals surface area contributed by atoms with Gasteiger partial charge in [-0.25, -0.2) is 0 Å². The number of ether oxygens (including phenoxy) is 6. The lowest BCUT2D eigenvalue weighted by molar-refractivity contribution is 0.106. The minimum Gasteiger partial charge on any atom is -0.493 e. The van der Waals surface area contributed by atoms with Crippen molar-refractivity contribution in [2.24, 2.45) is 0 Å². The summed E-state index contributed by atoms with van der Waals surface area (Å²) in [5.74, 6) is 4.36. The number of benzene rings is 6. The molecule has 8 rings (SSSR count). The van der Waals surface area contributed by atoms with Crippen LogP contribution in [0, 0.1) is 0 Å². The van der Waals surface area contributed by atoms with Crippen molar-refractivity contribution >= 4 is 54.0 Å². The maximum Gasteiger partial charge on any atom is 0.394 e. The number of aromatic nitrogens is 2. The molecule has 0 aliphatic rings. The largest absolute Gasteiger partial charge is 0.493 e. The molecule has 16 nitrogen and oxygen atoms in total. The van der Waals surface area contributed by atoms with E-state index in [1.807, 2.05) is 121 Å². The first-order valence-corrected chi connectivity index (χ1v) is 22.2. The van der Waals surface area contributed by atoms with Gasteiger partial charge in [0.15, 0.2) is 23.0 Å². The van der Waals surface area contributed by atoms with Gasteiger partial charge in [0.2, 0.25) is 0 Å². The quantitative estimate of drug-likeness (QED) is 0.0290. The molecule has 2 heterocycles. The van der Waals surface area contributed by atoms with Gasteiger partial charge < -0.3 is 59.2 Å². The fraction of sp³-hybridized carbons (Fsp3) is 0.250. The molecule has 0 amide bonds. The second-order valence-corrected chi connectivity index (χ2v) is 15.4. The number of H-pyrrole nitrogens is 2. The van der Waals surface area contributed by atoms with E-state index in [1.54, 1.807) is 14.2 Å². The molecular weight excluding hydrogens is 857 g/mol. The fourth-order valence-corrected chi connectivity index (χ4v) is 6.95. The van der Waals surface area contributed by atoms with E-state index in [0.29, 0.717) is 62.4 Å². The van der Waals surface area contributed by atoms with Crippen LogP contribution in [0.2, 0.25) is 0 Å². The minimum atomic E-state index is -4.67. The highest BCUT2D eigenvalue weighted by molar-refractivity contribution is 7.79. The monoisotopic (exact) mass is 910 g/mol. The Morgan fingerprint density at radius 3 is 1.22 bits per heavy atom. The zero-order chi connectivity index (χ0) is 46.0. The molecule has 2 atom stereocenters. The maximum atomic E-state index is 10.3. The average molecular weight is 911 g/mol. The summed E-state index contributed by atoms with van der Waals surface area (Å²) in [7, 11) is -1.43. The van der Waals surface area contributed by atoms with Gasteiger partial charge in [0.1, 0.15) is 50.1 Å². The summed E-state index contributed by atoms with van der Waals surface area (Å²) < 4.78 is 65.4. The van der Waals surface area contributed by atoms with Crippen molar-refractivity contribution in [2.45, 2.75) is 12.2 Å². The van der Waals surface area contributed by atoms with Gasteiger partial charge in [-0.1, -0.05) is 72.8 Å². The van der Waals surface area contributed by atoms with Crippen LogP contribution >= 0.6 is 0 Å². The van der Waals surface area contributed by atoms with Crippen LogP contribution < -0.4 is 39.1 Å². The molecule has 2 aromatic heterocycles. The van der Waals surface area contributed by atoms with Crippen LogP contribution in [0.5, 0.6) is 34.5 Å². The van der Waals surface area contributed by atoms with Gasteiger partial charge in [0, 0.05) is 58.8 Å². The number of aromatic amines is 2. The molecule has 8 aromatic rings. The number of hydrogen-bond acceptors (Lipinski definition) is 12. The van der Waals surface area contributed by atoms with E-state index in [1.165, 1.54) is 0 Å². The summed E-state index contributed by atoms with van der Waals surface area (Å²) in [5, 5.41) is 31.3. The molecule has 65 heavy (non-hydrogen) atoms. The van der Waals surface area contributed by atoms with Crippen LogP contribution in [0.3, 0.4) is 0 Å². The molecular formula is C48H54N4O12S. The van der Waals surface area contributed by atoms with Crippen LogP contribution in [-0.4, -0.2) is 117 Å². The zero-order valence-electron chi connectivity index (χ0n) is 36.0. The highest BCUT2D eigenvalue weighted by Crippen LogP contribution is 2.34. The van der Waals surface area contributed by atoms with Crippen molar-refractivity contribution < 1.29 is 56.2 Å². The summed E-state index contributed by atoms with van der Waals surface area (Å²) in [6, 6.07) is 43.2. The van der Waals surface area contributed by atoms with Gasteiger partial charge in [0.05, 0.1) is 25.3 Å². The molecule has 0 radical (unpaired) electrons. The number of rotatable bonds is 20. The lowest BCUT2D eigenvalue weighted by atomic mass is 10.1. The van der Waals surface area contributed by atoms with E-state index in [2.05, 4.69) is 32.7 Å². The lowest BCUT2D eigenvalue weighted by Crippen LogP contribution is -2.33. The summed E-state index contributed by atoms with van der Waals surface area (Å²) in [5.41, 5.74) is 4.19. The standard InChI is InChI=1S/2C24H26N2O4.H2O4S/c2*1-28-21-10-4-5-11-22(21)29-14-13-25-15-17(27)16-30-23-12-6-9-20-24(23)18-7-2-3-8-19(18)26-20;1-5(2,3)4/h2*2-12,17,25-27H,13-16H2,1H3;(H2,1,2,3,4). The molecule has 2 unspecified atom stereocenters. The van der Waals surface area contributed by atoms with E-state index in [0.717, 1.165) is 55.1 Å². The van der Waals surface area contributed by atoms with Gasteiger partial charge in [-0.2, -0.15) is 8.42 Å². The number of methoxy groups -OCH3 is 2. The highest BCUT2D eigenvalue weighted by Gasteiger charge is 2.14. The van der Waals surface area contributed by atoms with Gasteiger partial charge in [-0.05, 0) is 60.7 Å². The normalized spacial score (nSPS) is 12.2. The molecule has 0 fully saturated rings. The summed E-state index contributed by atoms with van der Waals surface area (Å²) in [6.07, 6.45) is -1.26. The Kier molecular flexibility index (Phi) is 17.6. The first kappa shape index (κ1) is 47.9. The minimum absolute atomic E-state index is 0.207. The Morgan fingerprint density at radius 1 is 0.477 bits per heavy atom. The first-order chi connectivity index (χ1) is 31.5. The van der Waals surface area contributed by atoms with Crippen LogP contribution in [-0.2, 0) is 10.4 Å². The van der Waals surface area contributed by atoms with E-state index >= 15 is 0 Å². The van der Waals surface area contributed by atoms with Crippen molar-refractivity contribution in [1.29, 1.82) is 0 Å². The lowest BCUT2D eigenvalue weighted by Gasteiger charge is -2.15. The second-order valence-electron chi connectivity index (χ2n) is 14.5. The van der Waals surface area contributed by atoms with Gasteiger partial charge in [0.25, 0.3) is 0 Å². The van der Waals surface area contributed by atoms with Gasteiger partial charge >= 0.3 is 10.4 Å². The van der Waals surface area contributed by atoms with Crippen molar-refractivity contribution in [1.82, 2.24) is 20.6 Å². The van der Waals surface area contributed by atoms with Crippen LogP contribution in [0.25, 0.3) is 43.6 Å². The molecule has 0 aliphatic carbocycles. The third kappa shape index (κ3) is 14.2. The first-order valence-electron chi connectivity index (χ1n) is 20.8. The Labute approximate surface area is 376 Å². The number of fused-ring (bicyclic) bond motifs is 6. The Balaban J connectivity index is 0.000000195. The molecule has 17 heteroatoms. The fourth-order valence-electron chi connectivity index (χ4n) is 6.95. The summed E-state index contributed by atoms with van der Waals surface area (Å²) in [4.78, 5) is 6.80. The predicted molar refractivity (Wildman–Crippen MR) is 252 cm³/mol. The van der Waals surface area contributed by atoms with E-state index in [4.69, 9.17) is 45.9 Å². The van der Waals surface area contributed by atoms with E-state index in [-0.39, 0.29) is 13.2 Å². The number of hydrogen-bond donors (Lipinski definition) is 8. The van der Waals surface area contributed by atoms with Crippen molar-refractivity contribution in [3.8, 4) is 34.5 Å². The topological polar surface area (TPSA) is 226 Å². The third-order valence-electron chi connectivity index (χ3n) is 9.82. The molecule has 0 saturated heterocycles. The number of nitrogens with one attached hydrogen (secondary N) is 4. The molecule has 0 saturated carbocycles. The molecule has 0 spiro atoms. The smallest absolute Gasteiger partial charge is 0.394 e. The molecule has 0 aliphatic heterocycles. The second kappa shape index (κ2) is 23.9. The highest BCUT2D eigenvalue weighted by atomic mass is 32.3. The van der Waals surface area contributed by atoms with E-state index in [9.17, 15) is 10.2 Å². The predicted octanol–water partition coefficient (Wildman–Crippen LogP) is 6.82. The van der Waals surface area contributed by atoms with Crippen LogP contribution in [0.1, 0.15) is 0 Å². The summed E-state index contributed by atoms with van der Waals surface area (Å²) >= 11 is 0. The molecule has 8 N–H and O–H groups in total. The summed E-state index contributed by atoms with van der Waals surface area (Å²) in [6.45, 7) is 3.40. The van der Waals surface area contributed by atoms with Crippen LogP contribution in [0.4, 0.5) is 0 Å². The number of aliphatic hydroxyl groups excluding tert-OH is 2. The third-order valence-corrected chi connectivity index (χ3v) is 9.82. The zero-order valence-corrected chi connectivity index (χ0v) is 36.8. The van der Waals surface area contributed by atoms with Crippen molar-refractivity contribution in [3.63, 3.8) is 0 Å². The van der Waals surface area contributed by atoms with Crippen molar-refractivity contribution in [3.05, 3.63) is 133 Å². The molecule has 6 aromatic carbocycles. The van der Waals surface area contributed by atoms with Gasteiger partial charge in [-0.15, -0.1) is 0 Å². The SMILES string of the molecule is COc1ccccc1OCCNCC(O)COc1cccc2[nH]c3ccccc3c12.COc1ccccc1OCCNCC(O)COc1cccc2[nH]c3ccccc3c12.O=S(=O)(O)O. The maximum absolute atomic E-state index is 10.3. The Bertz CT molecular complexity index is 2650. The number of aliphatic hydroxyl groups is 2. The Hall–Kier alpha value is -6.57. The molecule has 344 valence electrons. The van der Waals surface area contributed by atoms with E-state index < -0.39 is 22.6 Å². The van der Waals surface area contributed by atoms with Gasteiger partial charge in [-0.3, -0.25) is 9.11 Å². The number of para-hydroxylation sites is 6.